The average Bonchev–Trinajstić information content (AvgIpc) is 3.01. The highest BCUT2D eigenvalue weighted by Crippen LogP contribution is 2.23. The van der Waals surface area contributed by atoms with E-state index in [1.165, 1.54) is 0 Å². The van der Waals surface area contributed by atoms with Gasteiger partial charge in [0.15, 0.2) is 5.82 Å². The summed E-state index contributed by atoms with van der Waals surface area (Å²) in [7, 11) is 0. The van der Waals surface area contributed by atoms with Crippen LogP contribution in [0.3, 0.4) is 0 Å². The van der Waals surface area contributed by atoms with Gasteiger partial charge in [-0.15, -0.1) is 0 Å². The van der Waals surface area contributed by atoms with Gasteiger partial charge < -0.3 is 10.0 Å². The van der Waals surface area contributed by atoms with E-state index in [0.29, 0.717) is 12.4 Å². The Morgan fingerprint density at radius 1 is 1.13 bits per heavy atom. The predicted molar refractivity (Wildman–Crippen MR) is 90.3 cm³/mol. The fraction of sp³-hybridized carbons (Fsp3) is 0.278. The first kappa shape index (κ1) is 14.1. The maximum absolute atomic E-state index is 9.64. The van der Waals surface area contributed by atoms with Crippen molar-refractivity contribution in [3.63, 3.8) is 0 Å². The molecule has 5 heteroatoms. The van der Waals surface area contributed by atoms with Crippen molar-refractivity contribution in [2.45, 2.75) is 19.4 Å². The average molecular weight is 306 g/mol. The van der Waals surface area contributed by atoms with Crippen molar-refractivity contribution in [1.82, 2.24) is 15.0 Å². The maximum atomic E-state index is 9.64. The Bertz CT molecular complexity index is 847. The normalized spacial score (nSPS) is 17.8. The lowest BCUT2D eigenvalue weighted by Gasteiger charge is -2.16. The molecule has 1 aliphatic rings. The number of benzene rings is 1. The number of hydrogen-bond acceptors (Lipinski definition) is 5. The number of nitrogens with zero attached hydrogens (tertiary/aromatic N) is 4. The van der Waals surface area contributed by atoms with E-state index in [9.17, 15) is 5.11 Å². The molecule has 4 rings (SSSR count). The third kappa shape index (κ3) is 2.64. The van der Waals surface area contributed by atoms with E-state index in [4.69, 9.17) is 0 Å². The Hall–Kier alpha value is -2.53. The Morgan fingerprint density at radius 3 is 2.74 bits per heavy atom. The smallest absolute Gasteiger partial charge is 0.161 e. The fourth-order valence-corrected chi connectivity index (χ4v) is 3.02. The van der Waals surface area contributed by atoms with Crippen LogP contribution in [0.4, 0.5) is 5.82 Å². The standard InChI is InChI=1S/C18H18N4O/c1-12-15-4-2-3-5-16(15)21-18(20-12)13-6-7-17(19-10-13)22-9-8-14(23)11-22/h2-7,10,14,23H,8-9,11H2,1H3. The van der Waals surface area contributed by atoms with Gasteiger partial charge in [-0.2, -0.15) is 0 Å². The van der Waals surface area contributed by atoms with Crippen LogP contribution in [0, 0.1) is 6.92 Å². The van der Waals surface area contributed by atoms with Gasteiger partial charge in [0, 0.05) is 35.9 Å². The van der Waals surface area contributed by atoms with E-state index in [0.717, 1.165) is 40.9 Å². The second kappa shape index (κ2) is 5.59. The minimum absolute atomic E-state index is 0.247. The molecule has 1 saturated heterocycles. The Labute approximate surface area is 134 Å². The first-order valence-corrected chi connectivity index (χ1v) is 7.83. The van der Waals surface area contributed by atoms with Crippen LogP contribution in [0.25, 0.3) is 22.3 Å². The first-order valence-electron chi connectivity index (χ1n) is 7.83. The topological polar surface area (TPSA) is 62.1 Å². The third-order valence-corrected chi connectivity index (χ3v) is 4.29. The molecule has 1 unspecified atom stereocenters. The van der Waals surface area contributed by atoms with E-state index >= 15 is 0 Å². The Balaban J connectivity index is 1.68. The molecule has 0 bridgehead atoms. The number of aromatic nitrogens is 3. The zero-order chi connectivity index (χ0) is 15.8. The van der Waals surface area contributed by atoms with Gasteiger partial charge in [-0.1, -0.05) is 18.2 Å². The molecular weight excluding hydrogens is 288 g/mol. The summed E-state index contributed by atoms with van der Waals surface area (Å²) in [6.07, 6.45) is 2.36. The minimum atomic E-state index is -0.247. The molecular formula is C18H18N4O. The quantitative estimate of drug-likeness (QED) is 0.788. The second-order valence-electron chi connectivity index (χ2n) is 5.94. The molecule has 0 spiro atoms. The summed E-state index contributed by atoms with van der Waals surface area (Å²) >= 11 is 0. The van der Waals surface area contributed by atoms with Crippen LogP contribution in [0.2, 0.25) is 0 Å². The number of pyridine rings is 1. The first-order chi connectivity index (χ1) is 11.2. The lowest BCUT2D eigenvalue weighted by Crippen LogP contribution is -2.21. The molecule has 23 heavy (non-hydrogen) atoms. The zero-order valence-electron chi connectivity index (χ0n) is 13.0. The van der Waals surface area contributed by atoms with Crippen LogP contribution in [0.15, 0.2) is 42.6 Å². The monoisotopic (exact) mass is 306 g/mol. The van der Waals surface area contributed by atoms with E-state index in [-0.39, 0.29) is 6.10 Å². The minimum Gasteiger partial charge on any atom is -0.391 e. The van der Waals surface area contributed by atoms with Crippen molar-refractivity contribution in [1.29, 1.82) is 0 Å². The molecule has 0 radical (unpaired) electrons. The highest BCUT2D eigenvalue weighted by atomic mass is 16.3. The van der Waals surface area contributed by atoms with Crippen LogP contribution in [-0.2, 0) is 0 Å². The number of aryl methyl sites for hydroxylation is 1. The lowest BCUT2D eigenvalue weighted by molar-refractivity contribution is 0.198. The van der Waals surface area contributed by atoms with Gasteiger partial charge in [0.2, 0.25) is 0 Å². The molecule has 2 aromatic heterocycles. The van der Waals surface area contributed by atoms with Gasteiger partial charge in [-0.05, 0) is 31.5 Å². The summed E-state index contributed by atoms with van der Waals surface area (Å²) in [5.74, 6) is 1.59. The molecule has 1 fully saturated rings. The Morgan fingerprint density at radius 2 is 2.00 bits per heavy atom. The number of fused-ring (bicyclic) bond motifs is 1. The van der Waals surface area contributed by atoms with Crippen LogP contribution in [0.5, 0.6) is 0 Å². The number of β-amino-alcohol motifs (C(OH)–C–C–N with tert-alkyl or cyclic N) is 1. The summed E-state index contributed by atoms with van der Waals surface area (Å²) < 4.78 is 0. The van der Waals surface area contributed by atoms with Gasteiger partial charge in [0.05, 0.1) is 11.6 Å². The zero-order valence-corrected chi connectivity index (χ0v) is 13.0. The summed E-state index contributed by atoms with van der Waals surface area (Å²) in [5, 5.41) is 10.7. The van der Waals surface area contributed by atoms with Gasteiger partial charge in [0.1, 0.15) is 5.82 Å². The highest BCUT2D eigenvalue weighted by molar-refractivity contribution is 5.82. The molecule has 0 aliphatic carbocycles. The van der Waals surface area contributed by atoms with Crippen molar-refractivity contribution < 1.29 is 5.11 Å². The van der Waals surface area contributed by atoms with Crippen molar-refractivity contribution in [3.05, 3.63) is 48.3 Å². The van der Waals surface area contributed by atoms with Crippen LogP contribution >= 0.6 is 0 Å². The number of anilines is 1. The molecule has 5 nitrogen and oxygen atoms in total. The number of aliphatic hydroxyl groups excluding tert-OH is 1. The summed E-state index contributed by atoms with van der Waals surface area (Å²) in [5.41, 5.74) is 2.82. The molecule has 0 saturated carbocycles. The summed E-state index contributed by atoms with van der Waals surface area (Å²) in [6.45, 7) is 3.50. The van der Waals surface area contributed by atoms with Crippen LogP contribution in [0.1, 0.15) is 12.1 Å². The van der Waals surface area contributed by atoms with Crippen molar-refractivity contribution in [3.8, 4) is 11.4 Å². The molecule has 3 heterocycles. The van der Waals surface area contributed by atoms with Gasteiger partial charge in [-0.3, -0.25) is 0 Å². The maximum Gasteiger partial charge on any atom is 0.161 e. The van der Waals surface area contributed by atoms with Crippen molar-refractivity contribution >= 4 is 16.7 Å². The molecule has 116 valence electrons. The summed E-state index contributed by atoms with van der Waals surface area (Å²) in [4.78, 5) is 15.9. The number of hydrogen-bond donors (Lipinski definition) is 1. The van der Waals surface area contributed by atoms with E-state index in [1.807, 2.05) is 49.5 Å². The van der Waals surface area contributed by atoms with Crippen LogP contribution < -0.4 is 4.90 Å². The third-order valence-electron chi connectivity index (χ3n) is 4.29. The lowest BCUT2D eigenvalue weighted by atomic mass is 10.2. The number of rotatable bonds is 2. The SMILES string of the molecule is Cc1nc(-c2ccc(N3CCC(O)C3)nc2)nc2ccccc12. The summed E-state index contributed by atoms with van der Waals surface area (Å²) in [6, 6.07) is 12.0. The number of para-hydroxylation sites is 1. The highest BCUT2D eigenvalue weighted by Gasteiger charge is 2.21. The second-order valence-corrected chi connectivity index (χ2v) is 5.94. The van der Waals surface area contributed by atoms with Gasteiger partial charge in [0.25, 0.3) is 0 Å². The van der Waals surface area contributed by atoms with E-state index < -0.39 is 0 Å². The number of aliphatic hydroxyl groups is 1. The predicted octanol–water partition coefficient (Wildman–Crippen LogP) is 2.57. The molecule has 0 amide bonds. The largest absolute Gasteiger partial charge is 0.391 e. The van der Waals surface area contributed by atoms with Gasteiger partial charge >= 0.3 is 0 Å². The Kier molecular flexibility index (Phi) is 3.42. The van der Waals surface area contributed by atoms with Crippen molar-refractivity contribution in [2.24, 2.45) is 0 Å². The molecule has 1 N–H and O–H groups in total. The van der Waals surface area contributed by atoms with Crippen LogP contribution in [-0.4, -0.2) is 39.3 Å². The molecule has 1 aromatic carbocycles. The molecule has 1 atom stereocenters. The molecule has 1 aliphatic heterocycles. The van der Waals surface area contributed by atoms with E-state index in [1.54, 1.807) is 0 Å². The van der Waals surface area contributed by atoms with Gasteiger partial charge in [-0.25, -0.2) is 15.0 Å². The van der Waals surface area contributed by atoms with E-state index in [2.05, 4.69) is 19.9 Å². The molecule has 3 aromatic rings. The fourth-order valence-electron chi connectivity index (χ4n) is 3.02. The van der Waals surface area contributed by atoms with Crippen molar-refractivity contribution in [2.75, 3.05) is 18.0 Å².